The lowest BCUT2D eigenvalue weighted by atomic mass is 10.1. The highest BCUT2D eigenvalue weighted by Crippen LogP contribution is 2.29. The van der Waals surface area contributed by atoms with Gasteiger partial charge in [0, 0.05) is 22.8 Å². The van der Waals surface area contributed by atoms with Crippen molar-refractivity contribution in [1.29, 1.82) is 5.26 Å². The first-order valence-electron chi connectivity index (χ1n) is 7.83. The van der Waals surface area contributed by atoms with Gasteiger partial charge < -0.3 is 0 Å². The number of rotatable bonds is 3. The molecule has 3 aromatic heterocycles. The van der Waals surface area contributed by atoms with Crippen LogP contribution >= 0.6 is 11.3 Å². The van der Waals surface area contributed by atoms with E-state index in [1.54, 1.807) is 0 Å². The van der Waals surface area contributed by atoms with E-state index in [0.717, 1.165) is 33.3 Å². The van der Waals surface area contributed by atoms with Crippen LogP contribution in [0.3, 0.4) is 0 Å². The lowest BCUT2D eigenvalue weighted by Crippen LogP contribution is -1.89. The summed E-state index contributed by atoms with van der Waals surface area (Å²) in [5.74, 6) is 0. The molecule has 1 aromatic carbocycles. The van der Waals surface area contributed by atoms with Crippen LogP contribution in [0.15, 0.2) is 60.1 Å². The number of hydrogen-bond acceptors (Lipinski definition) is 4. The molecular weight excluding hydrogens is 328 g/mol. The van der Waals surface area contributed by atoms with Crippen molar-refractivity contribution in [2.75, 3.05) is 0 Å². The second-order valence-electron chi connectivity index (χ2n) is 5.60. The van der Waals surface area contributed by atoms with Gasteiger partial charge in [0.2, 0.25) is 0 Å². The quantitative estimate of drug-likeness (QED) is 0.501. The highest BCUT2D eigenvalue weighted by atomic mass is 32.1. The predicted octanol–water partition coefficient (Wildman–Crippen LogP) is 4.83. The molecule has 5 heteroatoms. The van der Waals surface area contributed by atoms with E-state index in [9.17, 15) is 5.26 Å². The van der Waals surface area contributed by atoms with E-state index in [-0.39, 0.29) is 0 Å². The molecule has 0 aliphatic rings. The van der Waals surface area contributed by atoms with Crippen LogP contribution in [0.5, 0.6) is 0 Å². The molecule has 0 amide bonds. The molecule has 0 saturated heterocycles. The number of nitriles is 1. The maximum absolute atomic E-state index is 9.64. The number of allylic oxidation sites excluding steroid dienone is 1. The Bertz CT molecular complexity index is 1110. The third-order valence-electron chi connectivity index (χ3n) is 3.87. The second kappa shape index (κ2) is 6.34. The van der Waals surface area contributed by atoms with Crippen LogP contribution in [0.2, 0.25) is 0 Å². The van der Waals surface area contributed by atoms with Crippen LogP contribution in [-0.4, -0.2) is 14.4 Å². The van der Waals surface area contributed by atoms with Crippen molar-refractivity contribution in [3.05, 3.63) is 76.5 Å². The van der Waals surface area contributed by atoms with E-state index in [0.29, 0.717) is 5.57 Å². The molecule has 0 bridgehead atoms. The van der Waals surface area contributed by atoms with Crippen molar-refractivity contribution in [1.82, 2.24) is 14.4 Å². The van der Waals surface area contributed by atoms with Gasteiger partial charge in [-0.05, 0) is 25.1 Å². The van der Waals surface area contributed by atoms with Crippen molar-refractivity contribution >= 4 is 28.6 Å². The van der Waals surface area contributed by atoms with Crippen LogP contribution in [-0.2, 0) is 0 Å². The Morgan fingerprint density at radius 2 is 1.92 bits per heavy atom. The molecule has 0 saturated carbocycles. The van der Waals surface area contributed by atoms with Gasteiger partial charge in [-0.3, -0.25) is 4.40 Å². The molecule has 120 valence electrons. The zero-order valence-corrected chi connectivity index (χ0v) is 14.4. The zero-order chi connectivity index (χ0) is 17.2. The van der Waals surface area contributed by atoms with E-state index in [2.05, 4.69) is 11.1 Å². The number of fused-ring (bicyclic) bond motifs is 1. The van der Waals surface area contributed by atoms with E-state index in [1.165, 1.54) is 11.3 Å². The summed E-state index contributed by atoms with van der Waals surface area (Å²) >= 11 is 1.48. The molecule has 0 N–H and O–H groups in total. The summed E-state index contributed by atoms with van der Waals surface area (Å²) in [5.41, 5.74) is 5.06. The van der Waals surface area contributed by atoms with Gasteiger partial charge >= 0.3 is 0 Å². The van der Waals surface area contributed by atoms with Gasteiger partial charge in [0.05, 0.1) is 17.0 Å². The number of benzene rings is 1. The predicted molar refractivity (Wildman–Crippen MR) is 101 cm³/mol. The Hall–Kier alpha value is -3.23. The number of pyridine rings is 1. The molecule has 4 aromatic rings. The molecule has 0 spiro atoms. The van der Waals surface area contributed by atoms with Gasteiger partial charge in [-0.1, -0.05) is 36.4 Å². The summed E-state index contributed by atoms with van der Waals surface area (Å²) in [7, 11) is 0. The van der Waals surface area contributed by atoms with Crippen molar-refractivity contribution in [2.24, 2.45) is 0 Å². The molecule has 25 heavy (non-hydrogen) atoms. The summed E-state index contributed by atoms with van der Waals surface area (Å²) in [5, 5.41) is 12.3. The maximum atomic E-state index is 9.64. The zero-order valence-electron chi connectivity index (χ0n) is 13.5. The average molecular weight is 342 g/mol. The van der Waals surface area contributed by atoms with Crippen LogP contribution in [0.25, 0.3) is 28.6 Å². The van der Waals surface area contributed by atoms with Crippen molar-refractivity contribution < 1.29 is 0 Å². The molecular formula is C20H14N4S. The van der Waals surface area contributed by atoms with Crippen LogP contribution < -0.4 is 0 Å². The fourth-order valence-electron chi connectivity index (χ4n) is 2.72. The van der Waals surface area contributed by atoms with Gasteiger partial charge in [0.1, 0.15) is 16.7 Å². The van der Waals surface area contributed by atoms with E-state index >= 15 is 0 Å². The number of nitrogens with zero attached hydrogens (tertiary/aromatic N) is 4. The number of thiazole rings is 1. The minimum Gasteiger partial charge on any atom is -0.300 e. The summed E-state index contributed by atoms with van der Waals surface area (Å²) in [6, 6.07) is 18.2. The van der Waals surface area contributed by atoms with E-state index in [4.69, 9.17) is 4.98 Å². The Labute approximate surface area is 149 Å². The summed E-state index contributed by atoms with van der Waals surface area (Å²) in [6.45, 7) is 1.93. The Balaban J connectivity index is 1.97. The Kier molecular flexibility index (Phi) is 3.88. The minimum absolute atomic E-state index is 0.543. The van der Waals surface area contributed by atoms with Crippen LogP contribution in [0.4, 0.5) is 0 Å². The lowest BCUT2D eigenvalue weighted by molar-refractivity contribution is 1.17. The highest BCUT2D eigenvalue weighted by Gasteiger charge is 2.14. The highest BCUT2D eigenvalue weighted by molar-refractivity contribution is 7.11. The molecule has 0 aliphatic heterocycles. The SMILES string of the molecule is Cc1csc(/C(C#N)=C/c2c(-c3ccccc3)nc3ccccn23)n1. The molecule has 0 unspecified atom stereocenters. The van der Waals surface area contributed by atoms with Crippen molar-refractivity contribution in [3.8, 4) is 17.3 Å². The van der Waals surface area contributed by atoms with Crippen molar-refractivity contribution in [3.63, 3.8) is 0 Å². The topological polar surface area (TPSA) is 54.0 Å². The van der Waals surface area contributed by atoms with Gasteiger partial charge in [0.15, 0.2) is 0 Å². The normalized spacial score (nSPS) is 11.6. The average Bonchev–Trinajstić information content (AvgIpc) is 3.24. The number of aryl methyl sites for hydroxylation is 1. The molecule has 0 fully saturated rings. The van der Waals surface area contributed by atoms with Gasteiger partial charge in [-0.25, -0.2) is 9.97 Å². The molecule has 0 atom stereocenters. The van der Waals surface area contributed by atoms with Gasteiger partial charge in [0.25, 0.3) is 0 Å². The number of aromatic nitrogens is 3. The molecule has 4 nitrogen and oxygen atoms in total. The summed E-state index contributed by atoms with van der Waals surface area (Å²) < 4.78 is 2.00. The number of imidazole rings is 1. The van der Waals surface area contributed by atoms with Gasteiger partial charge in [-0.2, -0.15) is 5.26 Å². The van der Waals surface area contributed by atoms with Gasteiger partial charge in [-0.15, -0.1) is 11.3 Å². The Morgan fingerprint density at radius 3 is 2.64 bits per heavy atom. The fraction of sp³-hybridized carbons (Fsp3) is 0.0500. The molecule has 0 radical (unpaired) electrons. The first-order valence-corrected chi connectivity index (χ1v) is 8.71. The monoisotopic (exact) mass is 342 g/mol. The second-order valence-corrected chi connectivity index (χ2v) is 6.46. The summed E-state index contributed by atoms with van der Waals surface area (Å²) in [6.07, 6.45) is 3.84. The maximum Gasteiger partial charge on any atom is 0.137 e. The largest absolute Gasteiger partial charge is 0.300 e. The minimum atomic E-state index is 0.543. The van der Waals surface area contributed by atoms with E-state index < -0.39 is 0 Å². The molecule has 0 aliphatic carbocycles. The summed E-state index contributed by atoms with van der Waals surface area (Å²) in [4.78, 5) is 9.20. The van der Waals surface area contributed by atoms with Crippen molar-refractivity contribution in [2.45, 2.75) is 6.92 Å². The number of hydrogen-bond donors (Lipinski definition) is 0. The van der Waals surface area contributed by atoms with Crippen LogP contribution in [0.1, 0.15) is 16.4 Å². The smallest absolute Gasteiger partial charge is 0.137 e. The first-order chi connectivity index (χ1) is 12.3. The van der Waals surface area contributed by atoms with E-state index in [1.807, 2.05) is 77.5 Å². The molecule has 3 heterocycles. The third kappa shape index (κ3) is 2.84. The lowest BCUT2D eigenvalue weighted by Gasteiger charge is -2.01. The third-order valence-corrected chi connectivity index (χ3v) is 4.86. The molecule has 4 rings (SSSR count). The van der Waals surface area contributed by atoms with Crippen LogP contribution in [0, 0.1) is 18.3 Å². The standard InChI is InChI=1S/C20H14N4S/c1-14-13-25-20(22-14)16(12-21)11-17-19(15-7-3-2-4-8-15)23-18-9-5-6-10-24(17)18/h2-11,13H,1H3/b16-11+. The first kappa shape index (κ1) is 15.3. The Morgan fingerprint density at radius 1 is 1.12 bits per heavy atom. The fourth-order valence-corrected chi connectivity index (χ4v) is 3.48.